The summed E-state index contributed by atoms with van der Waals surface area (Å²) in [4.78, 5) is 21.0. The zero-order valence-electron chi connectivity index (χ0n) is 24.3. The van der Waals surface area contributed by atoms with Crippen LogP contribution in [0.4, 0.5) is 24.5 Å². The van der Waals surface area contributed by atoms with E-state index in [4.69, 9.17) is 32.7 Å². The van der Waals surface area contributed by atoms with E-state index in [0.29, 0.717) is 41.2 Å². The van der Waals surface area contributed by atoms with Crippen LogP contribution in [0.1, 0.15) is 18.9 Å². The predicted octanol–water partition coefficient (Wildman–Crippen LogP) is 7.88. The second-order valence-electron chi connectivity index (χ2n) is 10.9. The van der Waals surface area contributed by atoms with E-state index in [1.807, 2.05) is 29.2 Å². The summed E-state index contributed by atoms with van der Waals surface area (Å²) in [7, 11) is 0. The lowest BCUT2D eigenvalue weighted by Gasteiger charge is -2.36. The number of carbonyl (C=O) groups is 1. The fourth-order valence-electron chi connectivity index (χ4n) is 5.25. The van der Waals surface area contributed by atoms with Crippen LogP contribution in [0.3, 0.4) is 0 Å². The monoisotopic (exact) mass is 667 g/mol. The summed E-state index contributed by atoms with van der Waals surface area (Å²) < 4.78 is 51.6. The number of alkyl halides is 3. The molecule has 3 aromatic rings. The number of para-hydroxylation sites is 1. The minimum atomic E-state index is -4.39. The number of esters is 1. The summed E-state index contributed by atoms with van der Waals surface area (Å²) in [5.74, 6) is -0.263. The van der Waals surface area contributed by atoms with E-state index in [1.54, 1.807) is 31.2 Å². The third-order valence-corrected chi connectivity index (χ3v) is 9.23. The first-order valence-corrected chi connectivity index (χ1v) is 16.1. The number of nitrogens with zero attached hydrogens (tertiary/aromatic N) is 3. The third-order valence-electron chi connectivity index (χ3n) is 7.66. The number of rotatable bonds is 11. The van der Waals surface area contributed by atoms with Gasteiger partial charge in [-0.05, 0) is 68.4 Å². The molecular formula is C32H34Cl2F3N3O3S. The summed E-state index contributed by atoms with van der Waals surface area (Å²) in [5.41, 5.74) is 0.921. The smallest absolute Gasteiger partial charge is 0.416 e. The van der Waals surface area contributed by atoms with Crippen LogP contribution >= 0.6 is 35.0 Å². The van der Waals surface area contributed by atoms with Crippen LogP contribution in [-0.4, -0.2) is 74.8 Å². The maximum absolute atomic E-state index is 13.5. The second-order valence-corrected chi connectivity index (χ2v) is 12.9. The van der Waals surface area contributed by atoms with Crippen molar-refractivity contribution in [1.29, 1.82) is 0 Å². The summed E-state index contributed by atoms with van der Waals surface area (Å²) in [6.45, 7) is 7.79. The molecule has 0 spiro atoms. The van der Waals surface area contributed by atoms with E-state index in [2.05, 4.69) is 9.80 Å². The van der Waals surface area contributed by atoms with Gasteiger partial charge in [0.2, 0.25) is 0 Å². The van der Waals surface area contributed by atoms with Gasteiger partial charge in [-0.2, -0.15) is 13.2 Å². The first-order chi connectivity index (χ1) is 21.1. The maximum Gasteiger partial charge on any atom is 0.416 e. The number of benzene rings is 3. The Morgan fingerprint density at radius 3 is 2.25 bits per heavy atom. The molecule has 236 valence electrons. The summed E-state index contributed by atoms with van der Waals surface area (Å²) in [6, 6.07) is 16.8. The van der Waals surface area contributed by atoms with Crippen molar-refractivity contribution in [2.24, 2.45) is 5.92 Å². The number of hydrogen-bond donors (Lipinski definition) is 0. The Morgan fingerprint density at radius 1 is 0.886 bits per heavy atom. The van der Waals surface area contributed by atoms with Gasteiger partial charge in [-0.1, -0.05) is 47.1 Å². The van der Waals surface area contributed by atoms with Gasteiger partial charge in [-0.3, -0.25) is 9.69 Å². The van der Waals surface area contributed by atoms with E-state index >= 15 is 0 Å². The van der Waals surface area contributed by atoms with Crippen molar-refractivity contribution < 1.29 is 27.4 Å². The highest BCUT2D eigenvalue weighted by atomic mass is 35.5. The highest BCUT2D eigenvalue weighted by Crippen LogP contribution is 2.49. The van der Waals surface area contributed by atoms with Gasteiger partial charge in [0, 0.05) is 59.1 Å². The largest absolute Gasteiger partial charge is 0.493 e. The van der Waals surface area contributed by atoms with Crippen LogP contribution in [-0.2, 0) is 15.7 Å². The molecule has 12 heteroatoms. The van der Waals surface area contributed by atoms with E-state index in [1.165, 1.54) is 17.8 Å². The molecule has 0 amide bonds. The molecule has 0 bridgehead atoms. The Bertz CT molecular complexity index is 1430. The molecule has 1 atom stereocenters. The Morgan fingerprint density at radius 2 is 1.55 bits per heavy atom. The lowest BCUT2D eigenvalue weighted by molar-refractivity contribution is -0.149. The minimum Gasteiger partial charge on any atom is -0.493 e. The zero-order valence-corrected chi connectivity index (χ0v) is 26.6. The maximum atomic E-state index is 13.5. The van der Waals surface area contributed by atoms with E-state index in [-0.39, 0.29) is 12.6 Å². The molecule has 3 aromatic carbocycles. The van der Waals surface area contributed by atoms with Gasteiger partial charge >= 0.3 is 12.1 Å². The fraction of sp³-hybridized carbons (Fsp3) is 0.406. The van der Waals surface area contributed by atoms with Crippen LogP contribution in [0.15, 0.2) is 70.5 Å². The number of anilines is 2. The first-order valence-electron chi connectivity index (χ1n) is 14.5. The van der Waals surface area contributed by atoms with E-state index < -0.39 is 17.7 Å². The molecule has 0 saturated carbocycles. The molecule has 1 fully saturated rings. The Kier molecular flexibility index (Phi) is 10.9. The van der Waals surface area contributed by atoms with Crippen molar-refractivity contribution in [1.82, 2.24) is 9.80 Å². The molecule has 5 rings (SSSR count). The normalized spacial score (nSPS) is 16.3. The molecule has 0 aromatic heterocycles. The van der Waals surface area contributed by atoms with Gasteiger partial charge in [0.1, 0.15) is 19.0 Å². The predicted molar refractivity (Wildman–Crippen MR) is 169 cm³/mol. The van der Waals surface area contributed by atoms with Crippen LogP contribution in [0.25, 0.3) is 0 Å². The highest BCUT2D eigenvalue weighted by molar-refractivity contribution is 7.99. The molecular weight excluding hydrogens is 634 g/mol. The summed E-state index contributed by atoms with van der Waals surface area (Å²) in [5, 5.41) is 0.923. The van der Waals surface area contributed by atoms with Crippen LogP contribution in [0.2, 0.25) is 10.0 Å². The third kappa shape index (κ3) is 8.54. The first kappa shape index (κ1) is 32.8. The van der Waals surface area contributed by atoms with Crippen molar-refractivity contribution in [3.8, 4) is 5.75 Å². The fourth-order valence-corrected chi connectivity index (χ4v) is 6.84. The minimum absolute atomic E-state index is 0.158. The number of carbonyl (C=O) groups excluding carboxylic acids is 1. The Balaban J connectivity index is 1.04. The molecule has 0 aliphatic carbocycles. The summed E-state index contributed by atoms with van der Waals surface area (Å²) >= 11 is 13.5. The lowest BCUT2D eigenvalue weighted by Crippen LogP contribution is -2.47. The molecule has 2 aliphatic heterocycles. The van der Waals surface area contributed by atoms with E-state index in [0.717, 1.165) is 60.7 Å². The molecule has 44 heavy (non-hydrogen) atoms. The average Bonchev–Trinajstić information content (AvgIpc) is 2.99. The van der Waals surface area contributed by atoms with Crippen LogP contribution in [0.5, 0.6) is 5.75 Å². The molecule has 6 nitrogen and oxygen atoms in total. The van der Waals surface area contributed by atoms with Crippen molar-refractivity contribution in [3.05, 3.63) is 76.3 Å². The quantitative estimate of drug-likeness (QED) is 0.193. The van der Waals surface area contributed by atoms with Crippen LogP contribution < -0.4 is 9.64 Å². The molecule has 2 aliphatic rings. The van der Waals surface area contributed by atoms with Gasteiger partial charge in [-0.15, -0.1) is 0 Å². The van der Waals surface area contributed by atoms with Crippen molar-refractivity contribution >= 4 is 52.3 Å². The van der Waals surface area contributed by atoms with Gasteiger partial charge < -0.3 is 19.3 Å². The Labute approximate surface area is 270 Å². The molecule has 0 radical (unpaired) electrons. The van der Waals surface area contributed by atoms with Crippen molar-refractivity contribution in [2.75, 3.05) is 63.9 Å². The van der Waals surface area contributed by atoms with Gasteiger partial charge in [0.25, 0.3) is 0 Å². The van der Waals surface area contributed by atoms with Gasteiger partial charge in [0.05, 0.1) is 22.9 Å². The Hall–Kier alpha value is -2.63. The van der Waals surface area contributed by atoms with E-state index in [9.17, 15) is 18.0 Å². The SMILES string of the molecule is CC(COc1cc(Cl)cc(Cl)c1)C(=O)OCCN1CCN(CCCN2c3ccccc3Sc3ccc(C(F)(F)F)cc32)CC1. The number of ether oxygens (including phenoxy) is 2. The van der Waals surface area contributed by atoms with Crippen molar-refractivity contribution in [3.63, 3.8) is 0 Å². The lowest BCUT2D eigenvalue weighted by atomic mass is 10.1. The average molecular weight is 669 g/mol. The molecule has 1 saturated heterocycles. The molecule has 1 unspecified atom stereocenters. The number of halogens is 5. The number of hydrogen-bond acceptors (Lipinski definition) is 7. The van der Waals surface area contributed by atoms with Crippen LogP contribution in [0, 0.1) is 5.92 Å². The second kappa shape index (κ2) is 14.6. The van der Waals surface area contributed by atoms with Gasteiger partial charge in [0.15, 0.2) is 0 Å². The van der Waals surface area contributed by atoms with Crippen molar-refractivity contribution in [2.45, 2.75) is 29.3 Å². The number of piperazine rings is 1. The van der Waals surface area contributed by atoms with Gasteiger partial charge in [-0.25, -0.2) is 0 Å². The molecule has 2 heterocycles. The highest BCUT2D eigenvalue weighted by Gasteiger charge is 2.33. The number of fused-ring (bicyclic) bond motifs is 2. The molecule has 0 N–H and O–H groups in total. The standard InChI is InChI=1S/C32H34Cl2F3N3O3S/c1-22(21-43-26-19-24(33)18-25(34)20-26)31(41)42-16-15-39-13-11-38(12-14-39)9-4-10-40-27-5-2-3-6-29(27)44-30-8-7-23(17-28(30)40)32(35,36)37/h2-3,5-8,17-20,22H,4,9-16,21H2,1H3. The zero-order chi connectivity index (χ0) is 31.3. The topological polar surface area (TPSA) is 45.3 Å². The summed E-state index contributed by atoms with van der Waals surface area (Å²) in [6.07, 6.45) is -3.58.